The first kappa shape index (κ1) is 36.7. The Balaban J connectivity index is 2.41. The second-order valence-corrected chi connectivity index (χ2v) is 12.5. The monoisotopic (exact) mass is 623 g/mol. The number of aliphatic carboxylic acids is 1. The first-order valence-corrected chi connectivity index (χ1v) is 15.3. The topological polar surface area (TPSA) is 170 Å². The number of carboxylic acids is 1. The summed E-state index contributed by atoms with van der Waals surface area (Å²) in [6, 6.07) is 2.76. The largest absolute Gasteiger partial charge is 0.514 e. The van der Waals surface area contributed by atoms with Crippen molar-refractivity contribution in [1.29, 1.82) is 0 Å². The van der Waals surface area contributed by atoms with E-state index in [9.17, 15) is 24.3 Å². The SMILES string of the molecule is CCC(C)(C)OC(=O)Oc1ccc(C(C(C)C(C)OC(=O)OC2CCCCC2)[C@H](N)C(=O)O)cc1OC(=O)OC(C)(C)CC. The molecule has 12 nitrogen and oxygen atoms in total. The molecule has 2 rings (SSSR count). The van der Waals surface area contributed by atoms with Gasteiger partial charge in [-0.1, -0.05) is 33.3 Å². The number of rotatable bonds is 13. The Morgan fingerprint density at radius 1 is 0.864 bits per heavy atom. The minimum absolute atomic E-state index is 0.160. The van der Waals surface area contributed by atoms with E-state index in [1.165, 1.54) is 18.2 Å². The van der Waals surface area contributed by atoms with E-state index >= 15 is 0 Å². The highest BCUT2D eigenvalue weighted by atomic mass is 16.8. The number of carboxylic acid groups (broad SMARTS) is 1. The Hall–Kier alpha value is -3.54. The maximum absolute atomic E-state index is 12.7. The van der Waals surface area contributed by atoms with Crippen LogP contribution >= 0.6 is 0 Å². The molecule has 0 aromatic heterocycles. The first-order valence-electron chi connectivity index (χ1n) is 15.3. The highest BCUT2D eigenvalue weighted by Gasteiger charge is 2.37. The van der Waals surface area contributed by atoms with Crippen LogP contribution in [0.4, 0.5) is 14.4 Å². The normalized spacial score (nSPS) is 16.9. The molecule has 0 aliphatic heterocycles. The summed E-state index contributed by atoms with van der Waals surface area (Å²) in [6.07, 6.45) is 1.66. The Morgan fingerprint density at radius 2 is 1.39 bits per heavy atom. The zero-order chi connectivity index (χ0) is 33.2. The van der Waals surface area contributed by atoms with Gasteiger partial charge >= 0.3 is 24.4 Å². The number of benzene rings is 1. The predicted molar refractivity (Wildman–Crippen MR) is 161 cm³/mol. The van der Waals surface area contributed by atoms with Gasteiger partial charge < -0.3 is 39.3 Å². The standard InChI is InChI=1S/C32H49NO11/c1-9-31(5,6)43-29(37)41-23-17-16-21(18-24(23)42-30(38)44-32(7,8)10-2)25(26(33)27(34)35)19(3)20(4)39-28(36)40-22-14-12-11-13-15-22/h16-20,22,25-26H,9-15,33H2,1-8H3,(H,34,35)/t19?,20?,25?,26-/m0/s1. The second kappa shape index (κ2) is 16.0. The summed E-state index contributed by atoms with van der Waals surface area (Å²) in [6.45, 7) is 13.8. The van der Waals surface area contributed by atoms with Gasteiger partial charge in [0.05, 0.1) is 0 Å². The quantitative estimate of drug-likeness (QED) is 0.130. The number of nitrogens with two attached hydrogens (primary N) is 1. The van der Waals surface area contributed by atoms with E-state index in [1.54, 1.807) is 41.5 Å². The summed E-state index contributed by atoms with van der Waals surface area (Å²) in [5.74, 6) is -3.24. The molecular formula is C32H49NO11. The van der Waals surface area contributed by atoms with Crippen LogP contribution in [0.3, 0.4) is 0 Å². The van der Waals surface area contributed by atoms with Gasteiger partial charge in [0.2, 0.25) is 0 Å². The molecule has 1 aliphatic rings. The summed E-state index contributed by atoms with van der Waals surface area (Å²) in [5.41, 5.74) is 4.83. The minimum atomic E-state index is -1.44. The van der Waals surface area contributed by atoms with Crippen molar-refractivity contribution < 1.29 is 52.7 Å². The van der Waals surface area contributed by atoms with Gasteiger partial charge in [-0.15, -0.1) is 0 Å². The van der Waals surface area contributed by atoms with E-state index in [1.807, 2.05) is 13.8 Å². The van der Waals surface area contributed by atoms with Gasteiger partial charge in [-0.2, -0.15) is 0 Å². The van der Waals surface area contributed by atoms with Crippen LogP contribution in [0.2, 0.25) is 0 Å². The smallest absolute Gasteiger partial charge is 0.480 e. The molecular weight excluding hydrogens is 574 g/mol. The van der Waals surface area contributed by atoms with Crippen LogP contribution in [-0.4, -0.2) is 59.0 Å². The molecule has 12 heteroatoms. The number of carbonyl (C=O) groups is 4. The molecule has 0 spiro atoms. The van der Waals surface area contributed by atoms with Crippen LogP contribution in [0.5, 0.6) is 11.5 Å². The lowest BCUT2D eigenvalue weighted by Crippen LogP contribution is -2.43. The molecule has 248 valence electrons. The molecule has 0 saturated heterocycles. The van der Waals surface area contributed by atoms with Crippen molar-refractivity contribution >= 4 is 24.4 Å². The van der Waals surface area contributed by atoms with Gasteiger partial charge in [0.15, 0.2) is 11.5 Å². The van der Waals surface area contributed by atoms with Gasteiger partial charge in [-0.05, 0) is 90.8 Å². The van der Waals surface area contributed by atoms with Crippen molar-refractivity contribution in [1.82, 2.24) is 0 Å². The lowest BCUT2D eigenvalue weighted by Gasteiger charge is -2.32. The van der Waals surface area contributed by atoms with Crippen LogP contribution < -0.4 is 15.2 Å². The maximum atomic E-state index is 12.7. The Labute approximate surface area is 259 Å². The summed E-state index contributed by atoms with van der Waals surface area (Å²) >= 11 is 0. The van der Waals surface area contributed by atoms with E-state index < -0.39 is 59.6 Å². The van der Waals surface area contributed by atoms with Gasteiger partial charge in [0.25, 0.3) is 0 Å². The average molecular weight is 624 g/mol. The zero-order valence-corrected chi connectivity index (χ0v) is 27.2. The molecule has 3 N–H and O–H groups in total. The average Bonchev–Trinajstić information content (AvgIpc) is 2.94. The number of ether oxygens (including phenoxy) is 6. The van der Waals surface area contributed by atoms with Crippen molar-refractivity contribution in [2.24, 2.45) is 11.7 Å². The summed E-state index contributed by atoms with van der Waals surface area (Å²) in [5, 5.41) is 9.87. The highest BCUT2D eigenvalue weighted by molar-refractivity contribution is 5.75. The lowest BCUT2D eigenvalue weighted by atomic mass is 9.79. The van der Waals surface area contributed by atoms with Crippen molar-refractivity contribution in [3.8, 4) is 11.5 Å². The molecule has 1 aromatic rings. The molecule has 3 unspecified atom stereocenters. The van der Waals surface area contributed by atoms with E-state index in [4.69, 9.17) is 34.2 Å². The fourth-order valence-electron chi connectivity index (χ4n) is 4.60. The van der Waals surface area contributed by atoms with Gasteiger partial charge in [-0.3, -0.25) is 4.79 Å². The van der Waals surface area contributed by atoms with Crippen molar-refractivity contribution in [3.63, 3.8) is 0 Å². The molecule has 0 amide bonds. The minimum Gasteiger partial charge on any atom is -0.480 e. The van der Waals surface area contributed by atoms with Gasteiger partial charge in [0, 0.05) is 11.8 Å². The Morgan fingerprint density at radius 3 is 1.89 bits per heavy atom. The third kappa shape index (κ3) is 11.2. The van der Waals surface area contributed by atoms with Gasteiger partial charge in [0.1, 0.15) is 29.5 Å². The fraction of sp³-hybridized carbons (Fsp3) is 0.688. The molecule has 1 aliphatic carbocycles. The fourth-order valence-corrected chi connectivity index (χ4v) is 4.60. The molecule has 1 aromatic carbocycles. The number of hydrogen-bond donors (Lipinski definition) is 2. The second-order valence-electron chi connectivity index (χ2n) is 12.5. The van der Waals surface area contributed by atoms with E-state index in [2.05, 4.69) is 0 Å². The third-order valence-electron chi connectivity index (χ3n) is 8.24. The molecule has 4 atom stereocenters. The molecule has 0 heterocycles. The van der Waals surface area contributed by atoms with Crippen LogP contribution in [0.15, 0.2) is 18.2 Å². The molecule has 1 fully saturated rings. The predicted octanol–water partition coefficient (Wildman–Crippen LogP) is 7.10. The Kier molecular flexibility index (Phi) is 13.3. The zero-order valence-electron chi connectivity index (χ0n) is 27.2. The van der Waals surface area contributed by atoms with Crippen LogP contribution in [0, 0.1) is 5.92 Å². The van der Waals surface area contributed by atoms with E-state index in [0.717, 1.165) is 32.1 Å². The maximum Gasteiger partial charge on any atom is 0.514 e. The summed E-state index contributed by atoms with van der Waals surface area (Å²) in [7, 11) is 0. The lowest BCUT2D eigenvalue weighted by molar-refractivity contribution is -0.139. The summed E-state index contributed by atoms with van der Waals surface area (Å²) in [4.78, 5) is 50.0. The van der Waals surface area contributed by atoms with Crippen molar-refractivity contribution in [2.45, 2.75) is 136 Å². The van der Waals surface area contributed by atoms with Crippen molar-refractivity contribution in [3.05, 3.63) is 23.8 Å². The number of hydrogen-bond acceptors (Lipinski definition) is 11. The molecule has 44 heavy (non-hydrogen) atoms. The molecule has 1 saturated carbocycles. The number of carbonyl (C=O) groups excluding carboxylic acids is 3. The van der Waals surface area contributed by atoms with Gasteiger partial charge in [-0.25, -0.2) is 14.4 Å². The third-order valence-corrected chi connectivity index (χ3v) is 8.24. The van der Waals surface area contributed by atoms with E-state index in [-0.39, 0.29) is 17.6 Å². The highest BCUT2D eigenvalue weighted by Crippen LogP contribution is 2.38. The molecule has 0 radical (unpaired) electrons. The van der Waals surface area contributed by atoms with Crippen LogP contribution in [-0.2, 0) is 23.7 Å². The Bertz CT molecular complexity index is 1140. The first-order chi connectivity index (χ1) is 20.5. The summed E-state index contributed by atoms with van der Waals surface area (Å²) < 4.78 is 32.6. The van der Waals surface area contributed by atoms with Crippen LogP contribution in [0.1, 0.15) is 112 Å². The van der Waals surface area contributed by atoms with Crippen LogP contribution in [0.25, 0.3) is 0 Å². The van der Waals surface area contributed by atoms with Crippen molar-refractivity contribution in [2.75, 3.05) is 0 Å². The van der Waals surface area contributed by atoms with E-state index in [0.29, 0.717) is 18.4 Å². The molecule has 0 bridgehead atoms.